The maximum absolute atomic E-state index is 13.2. The molecule has 0 radical (unpaired) electrons. The Morgan fingerprint density at radius 1 is 1.17 bits per heavy atom. The van der Waals surface area contributed by atoms with Gasteiger partial charge in [-0.05, 0) is 68.5 Å². The van der Waals surface area contributed by atoms with Gasteiger partial charge in [0.2, 0.25) is 5.91 Å². The summed E-state index contributed by atoms with van der Waals surface area (Å²) in [5, 5.41) is 2.95. The fraction of sp³-hybridized carbons (Fsp3) is 0.348. The van der Waals surface area contributed by atoms with E-state index in [0.717, 1.165) is 59.0 Å². The molecule has 3 aromatic rings. The molecule has 1 aromatic carbocycles. The van der Waals surface area contributed by atoms with Gasteiger partial charge in [0.1, 0.15) is 5.82 Å². The van der Waals surface area contributed by atoms with Crippen LogP contribution < -0.4 is 0 Å². The molecule has 150 valence electrons. The van der Waals surface area contributed by atoms with Crippen LogP contribution in [0.2, 0.25) is 0 Å². The van der Waals surface area contributed by atoms with E-state index in [9.17, 15) is 9.18 Å². The summed E-state index contributed by atoms with van der Waals surface area (Å²) in [5.74, 6) is -0.114. The lowest BCUT2D eigenvalue weighted by Crippen LogP contribution is -2.32. The molecule has 0 saturated carbocycles. The highest BCUT2D eigenvalue weighted by molar-refractivity contribution is 7.09. The number of nitrogens with zero attached hydrogens (tertiary/aromatic N) is 3. The quantitative estimate of drug-likeness (QED) is 0.609. The van der Waals surface area contributed by atoms with E-state index in [1.807, 2.05) is 36.3 Å². The fourth-order valence-electron chi connectivity index (χ4n) is 4.00. The van der Waals surface area contributed by atoms with E-state index in [2.05, 4.69) is 17.1 Å². The molecule has 2 aromatic heterocycles. The molecular formula is C23H24FN3OS. The summed E-state index contributed by atoms with van der Waals surface area (Å²) in [6.07, 6.45) is 2.97. The summed E-state index contributed by atoms with van der Waals surface area (Å²) in [6, 6.07) is 10.8. The third kappa shape index (κ3) is 4.70. The zero-order valence-electron chi connectivity index (χ0n) is 16.7. The van der Waals surface area contributed by atoms with Crippen LogP contribution in [0.1, 0.15) is 52.1 Å². The molecule has 0 bridgehead atoms. The number of likely N-dealkylation sites (tertiary alicyclic amines) is 1. The molecule has 0 spiro atoms. The van der Waals surface area contributed by atoms with Gasteiger partial charge in [-0.2, -0.15) is 0 Å². The molecule has 1 aliphatic rings. The van der Waals surface area contributed by atoms with Crippen LogP contribution in [0.5, 0.6) is 0 Å². The Kier molecular flexibility index (Phi) is 5.72. The van der Waals surface area contributed by atoms with Gasteiger partial charge in [-0.1, -0.05) is 12.1 Å². The highest BCUT2D eigenvalue weighted by Gasteiger charge is 2.31. The van der Waals surface area contributed by atoms with Crippen molar-refractivity contribution in [2.75, 3.05) is 6.54 Å². The van der Waals surface area contributed by atoms with Crippen molar-refractivity contribution in [3.63, 3.8) is 0 Å². The molecule has 1 atom stereocenters. The van der Waals surface area contributed by atoms with Crippen molar-refractivity contribution in [3.8, 4) is 0 Å². The number of rotatable bonds is 5. The van der Waals surface area contributed by atoms with Crippen LogP contribution in [0.15, 0.2) is 41.8 Å². The van der Waals surface area contributed by atoms with Crippen LogP contribution in [-0.2, 0) is 17.6 Å². The second-order valence-corrected chi connectivity index (χ2v) is 8.69. The number of benzene rings is 1. The van der Waals surface area contributed by atoms with Gasteiger partial charge >= 0.3 is 0 Å². The first kappa shape index (κ1) is 19.7. The van der Waals surface area contributed by atoms with Crippen molar-refractivity contribution < 1.29 is 9.18 Å². The normalized spacial score (nSPS) is 16.4. The van der Waals surface area contributed by atoms with Gasteiger partial charge < -0.3 is 4.90 Å². The summed E-state index contributed by atoms with van der Waals surface area (Å²) in [4.78, 5) is 24.1. The Morgan fingerprint density at radius 2 is 1.97 bits per heavy atom. The van der Waals surface area contributed by atoms with Crippen LogP contribution in [0, 0.1) is 19.7 Å². The predicted molar refractivity (Wildman–Crippen MR) is 112 cm³/mol. The summed E-state index contributed by atoms with van der Waals surface area (Å²) in [5.41, 5.74) is 4.92. The number of thiazole rings is 1. The number of halogens is 1. The lowest BCUT2D eigenvalue weighted by Gasteiger charge is -2.25. The Bertz CT molecular complexity index is 1020. The Balaban J connectivity index is 1.53. The monoisotopic (exact) mass is 409 g/mol. The zero-order valence-corrected chi connectivity index (χ0v) is 17.5. The number of hydrogen-bond donors (Lipinski definition) is 0. The molecule has 4 rings (SSSR count). The standard InChI is InChI=1S/C23H24FN3OS/c1-15-10-18(11-17-5-7-19(24)8-6-17)12-21(25-15)22-4-3-9-27(22)23(28)13-20-14-29-16(2)26-20/h5-8,10,12,14,22H,3-4,9,11,13H2,1-2H3/t22-/m1/s1. The van der Waals surface area contributed by atoms with E-state index in [1.165, 1.54) is 12.1 Å². The van der Waals surface area contributed by atoms with E-state index in [1.54, 1.807) is 11.3 Å². The first-order valence-electron chi connectivity index (χ1n) is 9.90. The summed E-state index contributed by atoms with van der Waals surface area (Å²) < 4.78 is 13.2. The lowest BCUT2D eigenvalue weighted by molar-refractivity contribution is -0.131. The fourth-order valence-corrected chi connectivity index (χ4v) is 4.61. The smallest absolute Gasteiger partial charge is 0.229 e. The minimum absolute atomic E-state index is 0.00843. The molecule has 0 N–H and O–H groups in total. The molecule has 4 nitrogen and oxygen atoms in total. The summed E-state index contributed by atoms with van der Waals surface area (Å²) in [6.45, 7) is 4.70. The topological polar surface area (TPSA) is 46.1 Å². The summed E-state index contributed by atoms with van der Waals surface area (Å²) >= 11 is 1.57. The predicted octanol–water partition coefficient (Wildman–Crippen LogP) is 4.79. The number of aromatic nitrogens is 2. The van der Waals surface area contributed by atoms with Crippen molar-refractivity contribution in [1.29, 1.82) is 0 Å². The molecule has 29 heavy (non-hydrogen) atoms. The SMILES string of the molecule is Cc1cc(Cc2ccc(F)cc2)cc([C@H]2CCCN2C(=O)Cc2csc(C)n2)n1. The van der Waals surface area contributed by atoms with Crippen molar-refractivity contribution in [3.05, 3.63) is 80.8 Å². The minimum atomic E-state index is -0.226. The van der Waals surface area contributed by atoms with Gasteiger partial charge in [-0.3, -0.25) is 9.78 Å². The van der Waals surface area contributed by atoms with E-state index < -0.39 is 0 Å². The van der Waals surface area contributed by atoms with E-state index in [-0.39, 0.29) is 17.8 Å². The molecule has 0 unspecified atom stereocenters. The molecule has 1 saturated heterocycles. The van der Waals surface area contributed by atoms with E-state index in [0.29, 0.717) is 6.42 Å². The van der Waals surface area contributed by atoms with Gasteiger partial charge in [-0.25, -0.2) is 9.37 Å². The molecule has 1 aliphatic heterocycles. The Hall–Kier alpha value is -2.60. The van der Waals surface area contributed by atoms with Crippen LogP contribution in [0.25, 0.3) is 0 Å². The highest BCUT2D eigenvalue weighted by Crippen LogP contribution is 2.32. The number of carbonyl (C=O) groups excluding carboxylic acids is 1. The molecule has 1 amide bonds. The number of carbonyl (C=O) groups is 1. The number of hydrogen-bond acceptors (Lipinski definition) is 4. The first-order valence-corrected chi connectivity index (χ1v) is 10.8. The van der Waals surface area contributed by atoms with Crippen LogP contribution >= 0.6 is 11.3 Å². The van der Waals surface area contributed by atoms with Gasteiger partial charge in [0, 0.05) is 17.6 Å². The summed E-state index contributed by atoms with van der Waals surface area (Å²) in [7, 11) is 0. The number of amides is 1. The maximum Gasteiger partial charge on any atom is 0.229 e. The first-order chi connectivity index (χ1) is 14.0. The molecular weight excluding hydrogens is 385 g/mol. The van der Waals surface area contributed by atoms with Gasteiger partial charge in [-0.15, -0.1) is 11.3 Å². The number of aryl methyl sites for hydroxylation is 2. The Labute approximate surface area is 174 Å². The second kappa shape index (κ2) is 8.41. The average Bonchev–Trinajstić information content (AvgIpc) is 3.32. The number of pyridine rings is 1. The van der Waals surface area contributed by atoms with E-state index >= 15 is 0 Å². The molecule has 3 heterocycles. The van der Waals surface area contributed by atoms with Crippen LogP contribution in [-0.4, -0.2) is 27.3 Å². The largest absolute Gasteiger partial charge is 0.334 e. The third-order valence-electron chi connectivity index (χ3n) is 5.27. The molecule has 0 aliphatic carbocycles. The zero-order chi connectivity index (χ0) is 20.4. The minimum Gasteiger partial charge on any atom is -0.334 e. The van der Waals surface area contributed by atoms with Gasteiger partial charge in [0.25, 0.3) is 0 Å². The molecule has 1 fully saturated rings. The maximum atomic E-state index is 13.2. The third-order valence-corrected chi connectivity index (χ3v) is 6.09. The van der Waals surface area contributed by atoms with E-state index in [4.69, 9.17) is 4.98 Å². The molecule has 6 heteroatoms. The second-order valence-electron chi connectivity index (χ2n) is 7.62. The van der Waals surface area contributed by atoms with Crippen LogP contribution in [0.3, 0.4) is 0 Å². The van der Waals surface area contributed by atoms with Gasteiger partial charge in [0.05, 0.1) is 28.9 Å². The van der Waals surface area contributed by atoms with Crippen LogP contribution in [0.4, 0.5) is 4.39 Å². The van der Waals surface area contributed by atoms with Crippen molar-refractivity contribution in [1.82, 2.24) is 14.9 Å². The Morgan fingerprint density at radius 3 is 2.69 bits per heavy atom. The highest BCUT2D eigenvalue weighted by atomic mass is 32.1. The van der Waals surface area contributed by atoms with Gasteiger partial charge in [0.15, 0.2) is 0 Å². The van der Waals surface area contributed by atoms with Crippen molar-refractivity contribution in [2.24, 2.45) is 0 Å². The van der Waals surface area contributed by atoms with Crippen molar-refractivity contribution >= 4 is 17.2 Å². The lowest BCUT2D eigenvalue weighted by atomic mass is 10.0. The average molecular weight is 410 g/mol. The van der Waals surface area contributed by atoms with Crippen molar-refractivity contribution in [2.45, 2.75) is 45.6 Å².